The van der Waals surface area contributed by atoms with Crippen LogP contribution >= 0.6 is 0 Å². The topological polar surface area (TPSA) is 20.3 Å². The minimum Gasteiger partial charge on any atom is -0.342 e. The van der Waals surface area contributed by atoms with Gasteiger partial charge in [-0.2, -0.15) is 0 Å². The van der Waals surface area contributed by atoms with Crippen molar-refractivity contribution in [1.29, 1.82) is 0 Å². The Kier molecular flexibility index (Phi) is 2.71. The van der Waals surface area contributed by atoms with Crippen LogP contribution in [0.2, 0.25) is 0 Å². The molecule has 80 valence electrons. The number of carbonyl (C=O) groups is 1. The maximum absolute atomic E-state index is 13.0. The van der Waals surface area contributed by atoms with E-state index in [2.05, 4.69) is 0 Å². The van der Waals surface area contributed by atoms with Crippen LogP contribution < -0.4 is 0 Å². The molecule has 1 amide bonds. The fraction of sp³-hybridized carbons (Fsp3) is 0.417. The van der Waals surface area contributed by atoms with Gasteiger partial charge < -0.3 is 4.90 Å². The van der Waals surface area contributed by atoms with Gasteiger partial charge in [-0.15, -0.1) is 0 Å². The monoisotopic (exact) mass is 207 g/mol. The van der Waals surface area contributed by atoms with E-state index < -0.39 is 0 Å². The number of nitrogens with zero attached hydrogens (tertiary/aromatic N) is 1. The molecular formula is C12H14FNO. The summed E-state index contributed by atoms with van der Waals surface area (Å²) in [5.74, 6) is 0.201. The highest BCUT2D eigenvalue weighted by Gasteiger charge is 2.25. The SMILES string of the molecule is CC(=O)N1CCC(c2cccc(F)c2)C1. The molecule has 0 aliphatic carbocycles. The first-order chi connectivity index (χ1) is 7.16. The van der Waals surface area contributed by atoms with Crippen molar-refractivity contribution in [3.63, 3.8) is 0 Å². The fourth-order valence-electron chi connectivity index (χ4n) is 2.08. The number of rotatable bonds is 1. The number of hydrogen-bond donors (Lipinski definition) is 0. The van der Waals surface area contributed by atoms with Crippen molar-refractivity contribution in [2.75, 3.05) is 13.1 Å². The Morgan fingerprint density at radius 1 is 1.53 bits per heavy atom. The average Bonchev–Trinajstić information content (AvgIpc) is 2.66. The molecule has 1 aromatic rings. The predicted molar refractivity (Wildman–Crippen MR) is 56.0 cm³/mol. The number of benzene rings is 1. The molecule has 0 aromatic heterocycles. The molecule has 1 saturated heterocycles. The lowest BCUT2D eigenvalue weighted by Gasteiger charge is -2.14. The molecule has 0 radical (unpaired) electrons. The summed E-state index contributed by atoms with van der Waals surface area (Å²) in [5, 5.41) is 0. The second-order valence-electron chi connectivity index (χ2n) is 4.01. The highest BCUT2D eigenvalue weighted by atomic mass is 19.1. The third-order valence-electron chi connectivity index (χ3n) is 2.95. The first kappa shape index (κ1) is 10.1. The van der Waals surface area contributed by atoms with Gasteiger partial charge in [0.25, 0.3) is 0 Å². The van der Waals surface area contributed by atoms with E-state index in [-0.39, 0.29) is 11.7 Å². The maximum Gasteiger partial charge on any atom is 0.219 e. The standard InChI is InChI=1S/C12H14FNO/c1-9(15)14-6-5-11(8-14)10-3-2-4-12(13)7-10/h2-4,7,11H,5-6,8H2,1H3. The molecule has 0 spiro atoms. The Morgan fingerprint density at radius 3 is 2.93 bits per heavy atom. The number of hydrogen-bond acceptors (Lipinski definition) is 1. The van der Waals surface area contributed by atoms with E-state index in [9.17, 15) is 9.18 Å². The van der Waals surface area contributed by atoms with E-state index in [1.54, 1.807) is 19.1 Å². The van der Waals surface area contributed by atoms with Crippen LogP contribution in [0.4, 0.5) is 4.39 Å². The van der Waals surface area contributed by atoms with Crippen molar-refractivity contribution in [2.24, 2.45) is 0 Å². The van der Waals surface area contributed by atoms with Crippen LogP contribution in [0.1, 0.15) is 24.8 Å². The summed E-state index contributed by atoms with van der Waals surface area (Å²) in [6.45, 7) is 3.09. The average molecular weight is 207 g/mol. The van der Waals surface area contributed by atoms with Crippen LogP contribution in [0.5, 0.6) is 0 Å². The second-order valence-corrected chi connectivity index (χ2v) is 4.01. The third-order valence-corrected chi connectivity index (χ3v) is 2.95. The zero-order valence-corrected chi connectivity index (χ0v) is 8.74. The molecule has 0 saturated carbocycles. The summed E-state index contributed by atoms with van der Waals surface area (Å²) in [4.78, 5) is 13.0. The van der Waals surface area contributed by atoms with E-state index >= 15 is 0 Å². The van der Waals surface area contributed by atoms with E-state index in [4.69, 9.17) is 0 Å². The van der Waals surface area contributed by atoms with Crippen LogP contribution in [0, 0.1) is 5.82 Å². The third kappa shape index (κ3) is 2.17. The zero-order valence-electron chi connectivity index (χ0n) is 8.74. The summed E-state index contributed by atoms with van der Waals surface area (Å²) in [7, 11) is 0. The first-order valence-electron chi connectivity index (χ1n) is 5.18. The lowest BCUT2D eigenvalue weighted by Crippen LogP contribution is -2.25. The molecule has 1 unspecified atom stereocenters. The molecule has 1 heterocycles. The van der Waals surface area contributed by atoms with Crippen molar-refractivity contribution in [2.45, 2.75) is 19.3 Å². The van der Waals surface area contributed by atoms with Gasteiger partial charge in [-0.3, -0.25) is 4.79 Å². The summed E-state index contributed by atoms with van der Waals surface area (Å²) in [5.41, 5.74) is 0.999. The van der Waals surface area contributed by atoms with Crippen molar-refractivity contribution >= 4 is 5.91 Å². The molecule has 2 nitrogen and oxygen atoms in total. The van der Waals surface area contributed by atoms with E-state index in [0.717, 1.165) is 25.1 Å². The summed E-state index contributed by atoms with van der Waals surface area (Å²) in [6.07, 6.45) is 0.934. The minimum atomic E-state index is -0.200. The molecule has 0 N–H and O–H groups in total. The van der Waals surface area contributed by atoms with Crippen LogP contribution in [0.3, 0.4) is 0 Å². The van der Waals surface area contributed by atoms with Crippen LogP contribution in [-0.4, -0.2) is 23.9 Å². The Labute approximate surface area is 88.7 Å². The molecule has 2 rings (SSSR count). The van der Waals surface area contributed by atoms with Crippen LogP contribution in [0.15, 0.2) is 24.3 Å². The molecule has 0 bridgehead atoms. The van der Waals surface area contributed by atoms with E-state index in [1.165, 1.54) is 6.07 Å². The van der Waals surface area contributed by atoms with Gasteiger partial charge in [0.05, 0.1) is 0 Å². The van der Waals surface area contributed by atoms with Gasteiger partial charge >= 0.3 is 0 Å². The molecule has 3 heteroatoms. The lowest BCUT2D eigenvalue weighted by atomic mass is 9.98. The van der Waals surface area contributed by atoms with E-state index in [0.29, 0.717) is 5.92 Å². The van der Waals surface area contributed by atoms with Gasteiger partial charge in [0, 0.05) is 25.9 Å². The predicted octanol–water partition coefficient (Wildman–Crippen LogP) is 2.16. The smallest absolute Gasteiger partial charge is 0.219 e. The minimum absolute atomic E-state index is 0.105. The summed E-state index contributed by atoms with van der Waals surface area (Å²) >= 11 is 0. The van der Waals surface area contributed by atoms with Gasteiger partial charge in [0.1, 0.15) is 5.82 Å². The molecular weight excluding hydrogens is 193 g/mol. The zero-order chi connectivity index (χ0) is 10.8. The van der Waals surface area contributed by atoms with E-state index in [1.807, 2.05) is 11.0 Å². The first-order valence-corrected chi connectivity index (χ1v) is 5.18. The number of likely N-dealkylation sites (tertiary alicyclic amines) is 1. The van der Waals surface area contributed by atoms with Crippen molar-refractivity contribution in [1.82, 2.24) is 4.90 Å². The maximum atomic E-state index is 13.0. The number of amides is 1. The molecule has 15 heavy (non-hydrogen) atoms. The largest absolute Gasteiger partial charge is 0.342 e. The molecule has 1 aliphatic heterocycles. The Morgan fingerprint density at radius 2 is 2.33 bits per heavy atom. The van der Waals surface area contributed by atoms with Gasteiger partial charge in [0.2, 0.25) is 5.91 Å². The summed E-state index contributed by atoms with van der Waals surface area (Å²) in [6, 6.07) is 6.66. The Balaban J connectivity index is 2.11. The molecule has 1 atom stereocenters. The Hall–Kier alpha value is -1.38. The van der Waals surface area contributed by atoms with Crippen molar-refractivity contribution in [3.8, 4) is 0 Å². The highest BCUT2D eigenvalue weighted by molar-refractivity contribution is 5.73. The van der Waals surface area contributed by atoms with Gasteiger partial charge in [-0.1, -0.05) is 12.1 Å². The second kappa shape index (κ2) is 4.01. The lowest BCUT2D eigenvalue weighted by molar-refractivity contribution is -0.127. The Bertz CT molecular complexity index is 378. The van der Waals surface area contributed by atoms with Crippen molar-refractivity contribution in [3.05, 3.63) is 35.6 Å². The van der Waals surface area contributed by atoms with Gasteiger partial charge in [0.15, 0.2) is 0 Å². The molecule has 1 aliphatic rings. The van der Waals surface area contributed by atoms with Gasteiger partial charge in [-0.25, -0.2) is 4.39 Å². The molecule has 1 aromatic carbocycles. The number of carbonyl (C=O) groups excluding carboxylic acids is 1. The summed E-state index contributed by atoms with van der Waals surface area (Å²) < 4.78 is 13.0. The number of halogens is 1. The van der Waals surface area contributed by atoms with Gasteiger partial charge in [-0.05, 0) is 24.1 Å². The highest BCUT2D eigenvalue weighted by Crippen LogP contribution is 2.27. The fourth-order valence-corrected chi connectivity index (χ4v) is 2.08. The molecule has 1 fully saturated rings. The van der Waals surface area contributed by atoms with Crippen LogP contribution in [0.25, 0.3) is 0 Å². The van der Waals surface area contributed by atoms with Crippen molar-refractivity contribution < 1.29 is 9.18 Å². The normalized spacial score (nSPS) is 20.7. The van der Waals surface area contributed by atoms with Crippen LogP contribution in [-0.2, 0) is 4.79 Å². The quantitative estimate of drug-likeness (QED) is 0.691.